The molecule has 0 aliphatic rings. The van der Waals surface area contributed by atoms with Gasteiger partial charge < -0.3 is 14.3 Å². The van der Waals surface area contributed by atoms with Crippen molar-refractivity contribution in [1.82, 2.24) is 0 Å². The van der Waals surface area contributed by atoms with Gasteiger partial charge in [0.2, 0.25) is 11.5 Å². The zero-order valence-corrected chi connectivity index (χ0v) is 10.2. The Hall–Kier alpha value is -2.40. The van der Waals surface area contributed by atoms with Gasteiger partial charge in [0.1, 0.15) is 6.10 Å². The lowest BCUT2D eigenvalue weighted by Gasteiger charge is -2.12. The van der Waals surface area contributed by atoms with Gasteiger partial charge in [-0.25, -0.2) is 4.79 Å². The van der Waals surface area contributed by atoms with Gasteiger partial charge in [-0.05, 0) is 17.7 Å². The van der Waals surface area contributed by atoms with Gasteiger partial charge in [-0.3, -0.25) is 4.79 Å². The van der Waals surface area contributed by atoms with Crippen molar-refractivity contribution in [3.8, 4) is 0 Å². The lowest BCUT2D eigenvalue weighted by molar-refractivity contribution is 0.0566. The predicted molar refractivity (Wildman–Crippen MR) is 66.2 cm³/mol. The highest BCUT2D eigenvalue weighted by molar-refractivity contribution is 5.98. The first-order valence-electron chi connectivity index (χ1n) is 5.58. The summed E-state index contributed by atoms with van der Waals surface area (Å²) >= 11 is 0. The van der Waals surface area contributed by atoms with E-state index in [9.17, 15) is 9.59 Å². The fourth-order valence-electron chi connectivity index (χ4n) is 1.74. The molecule has 1 aromatic carbocycles. The minimum Gasteiger partial charge on any atom is -0.475 e. The number of methoxy groups -OCH3 is 1. The monoisotopic (exact) mass is 260 g/mol. The van der Waals surface area contributed by atoms with Crippen LogP contribution < -0.4 is 0 Å². The van der Waals surface area contributed by atoms with Crippen LogP contribution in [0.3, 0.4) is 0 Å². The van der Waals surface area contributed by atoms with Crippen molar-refractivity contribution in [3.05, 3.63) is 59.5 Å². The van der Waals surface area contributed by atoms with Crippen LogP contribution in [0.2, 0.25) is 0 Å². The zero-order valence-electron chi connectivity index (χ0n) is 10.2. The lowest BCUT2D eigenvalue weighted by Crippen LogP contribution is -2.14. The predicted octanol–water partition coefficient (Wildman–Crippen LogP) is 2.55. The van der Waals surface area contributed by atoms with Crippen molar-refractivity contribution in [2.75, 3.05) is 7.11 Å². The van der Waals surface area contributed by atoms with Crippen LogP contribution in [0, 0.1) is 0 Å². The maximum absolute atomic E-state index is 12.2. The molecule has 1 atom stereocenters. The second-order valence-electron chi connectivity index (χ2n) is 3.86. The van der Waals surface area contributed by atoms with Gasteiger partial charge in [0.15, 0.2) is 5.76 Å². The number of carboxylic acid groups (broad SMARTS) is 1. The van der Waals surface area contributed by atoms with E-state index in [1.807, 2.05) is 6.07 Å². The molecular weight excluding hydrogens is 248 g/mol. The average Bonchev–Trinajstić information content (AvgIpc) is 2.90. The van der Waals surface area contributed by atoms with Gasteiger partial charge in [0.05, 0.1) is 0 Å². The molecule has 1 aromatic heterocycles. The number of hydrogen-bond donors (Lipinski definition) is 1. The quantitative estimate of drug-likeness (QED) is 0.836. The third kappa shape index (κ3) is 2.71. The molecule has 0 aliphatic heterocycles. The van der Waals surface area contributed by atoms with Gasteiger partial charge in [-0.15, -0.1) is 0 Å². The van der Waals surface area contributed by atoms with Gasteiger partial charge in [0, 0.05) is 7.11 Å². The van der Waals surface area contributed by atoms with Gasteiger partial charge in [-0.1, -0.05) is 30.3 Å². The number of aromatic carboxylic acids is 1. The molecule has 0 aliphatic carbocycles. The van der Waals surface area contributed by atoms with E-state index in [1.165, 1.54) is 19.2 Å². The SMILES string of the molecule is COC(C(=O)c1ccc(C(=O)O)o1)c1ccccc1. The van der Waals surface area contributed by atoms with E-state index in [4.69, 9.17) is 14.3 Å². The van der Waals surface area contributed by atoms with E-state index in [1.54, 1.807) is 24.3 Å². The third-order valence-electron chi connectivity index (χ3n) is 2.64. The molecule has 5 heteroatoms. The number of carbonyl (C=O) groups is 2. The first-order valence-corrected chi connectivity index (χ1v) is 5.58. The molecule has 0 saturated heterocycles. The van der Waals surface area contributed by atoms with E-state index in [0.717, 1.165) is 0 Å². The van der Waals surface area contributed by atoms with Crippen LogP contribution in [0.15, 0.2) is 46.9 Å². The first kappa shape index (κ1) is 13.0. The number of Topliss-reactive ketones (excluding diaryl/α,β-unsaturated/α-hetero) is 1. The molecule has 0 amide bonds. The summed E-state index contributed by atoms with van der Waals surface area (Å²) in [5, 5.41) is 8.76. The molecule has 2 aromatic rings. The highest BCUT2D eigenvalue weighted by Gasteiger charge is 2.25. The van der Waals surface area contributed by atoms with E-state index < -0.39 is 17.9 Å². The Kier molecular flexibility index (Phi) is 3.77. The van der Waals surface area contributed by atoms with E-state index >= 15 is 0 Å². The summed E-state index contributed by atoms with van der Waals surface area (Å²) in [6.45, 7) is 0. The lowest BCUT2D eigenvalue weighted by atomic mass is 10.0. The minimum absolute atomic E-state index is 0.0342. The van der Waals surface area contributed by atoms with Gasteiger partial charge in [0.25, 0.3) is 0 Å². The number of benzene rings is 1. The second kappa shape index (κ2) is 5.49. The Morgan fingerprint density at radius 1 is 1.11 bits per heavy atom. The molecular formula is C14H12O5. The number of carboxylic acids is 1. The fraction of sp³-hybridized carbons (Fsp3) is 0.143. The number of furan rings is 1. The van der Waals surface area contributed by atoms with Gasteiger partial charge in [-0.2, -0.15) is 0 Å². The Bertz CT molecular complexity index is 585. The van der Waals surface area contributed by atoms with Crippen LogP contribution in [-0.4, -0.2) is 24.0 Å². The standard InChI is InChI=1S/C14H12O5/c1-18-13(9-5-3-2-4-6-9)12(15)10-7-8-11(19-10)14(16)17/h2-8,13H,1H3,(H,16,17). The van der Waals surface area contributed by atoms with E-state index in [0.29, 0.717) is 5.56 Å². The smallest absolute Gasteiger partial charge is 0.371 e. The van der Waals surface area contributed by atoms with Crippen molar-refractivity contribution in [3.63, 3.8) is 0 Å². The topological polar surface area (TPSA) is 76.7 Å². The summed E-state index contributed by atoms with van der Waals surface area (Å²) in [6, 6.07) is 11.5. The number of hydrogen-bond acceptors (Lipinski definition) is 4. The van der Waals surface area contributed by atoms with Crippen molar-refractivity contribution in [2.45, 2.75) is 6.10 Å². The average molecular weight is 260 g/mol. The molecule has 98 valence electrons. The number of rotatable bonds is 5. The highest BCUT2D eigenvalue weighted by Crippen LogP contribution is 2.22. The Morgan fingerprint density at radius 2 is 1.74 bits per heavy atom. The normalized spacial score (nSPS) is 12.1. The first-order chi connectivity index (χ1) is 9.13. The van der Waals surface area contributed by atoms with Crippen LogP contribution in [0.1, 0.15) is 32.8 Å². The van der Waals surface area contributed by atoms with Crippen molar-refractivity contribution < 1.29 is 23.8 Å². The number of ketones is 1. The molecule has 0 saturated carbocycles. The zero-order chi connectivity index (χ0) is 13.8. The van der Waals surface area contributed by atoms with Crippen molar-refractivity contribution in [1.29, 1.82) is 0 Å². The molecule has 1 unspecified atom stereocenters. The van der Waals surface area contributed by atoms with Crippen LogP contribution >= 0.6 is 0 Å². The summed E-state index contributed by atoms with van der Waals surface area (Å²) in [5.74, 6) is -1.94. The Labute approximate surface area is 109 Å². The second-order valence-corrected chi connectivity index (χ2v) is 3.86. The summed E-state index contributed by atoms with van der Waals surface area (Å²) < 4.78 is 10.1. The minimum atomic E-state index is -1.22. The number of carbonyl (C=O) groups excluding carboxylic acids is 1. The third-order valence-corrected chi connectivity index (χ3v) is 2.64. The summed E-state index contributed by atoms with van der Waals surface area (Å²) in [7, 11) is 1.41. The van der Waals surface area contributed by atoms with Crippen LogP contribution in [-0.2, 0) is 4.74 Å². The van der Waals surface area contributed by atoms with Gasteiger partial charge >= 0.3 is 5.97 Å². The maximum atomic E-state index is 12.2. The summed E-state index contributed by atoms with van der Waals surface area (Å²) in [4.78, 5) is 22.9. The van der Waals surface area contributed by atoms with Crippen molar-refractivity contribution >= 4 is 11.8 Å². The molecule has 1 N–H and O–H groups in total. The Morgan fingerprint density at radius 3 is 2.26 bits per heavy atom. The fourth-order valence-corrected chi connectivity index (χ4v) is 1.74. The molecule has 0 radical (unpaired) electrons. The highest BCUT2D eigenvalue weighted by atomic mass is 16.5. The number of ether oxygens (including phenoxy) is 1. The molecule has 0 bridgehead atoms. The molecule has 2 rings (SSSR count). The van der Waals surface area contributed by atoms with E-state index in [-0.39, 0.29) is 11.5 Å². The van der Waals surface area contributed by atoms with Crippen LogP contribution in [0.5, 0.6) is 0 Å². The molecule has 5 nitrogen and oxygen atoms in total. The molecule has 19 heavy (non-hydrogen) atoms. The molecule has 0 spiro atoms. The molecule has 0 fully saturated rings. The summed E-state index contributed by atoms with van der Waals surface area (Å²) in [5.41, 5.74) is 0.684. The Balaban J connectivity index is 2.28. The van der Waals surface area contributed by atoms with E-state index in [2.05, 4.69) is 0 Å². The van der Waals surface area contributed by atoms with Crippen molar-refractivity contribution in [2.24, 2.45) is 0 Å². The largest absolute Gasteiger partial charge is 0.475 e. The maximum Gasteiger partial charge on any atom is 0.371 e. The molecule has 1 heterocycles. The van der Waals surface area contributed by atoms with Crippen LogP contribution in [0.4, 0.5) is 0 Å². The summed E-state index contributed by atoms with van der Waals surface area (Å²) in [6.07, 6.45) is -0.811. The van der Waals surface area contributed by atoms with Crippen LogP contribution in [0.25, 0.3) is 0 Å².